The predicted octanol–water partition coefficient (Wildman–Crippen LogP) is 3.02. The van der Waals surface area contributed by atoms with E-state index in [2.05, 4.69) is 22.1 Å². The molecule has 3 heterocycles. The van der Waals surface area contributed by atoms with Gasteiger partial charge in [-0.25, -0.2) is 0 Å². The molecule has 0 aliphatic carbocycles. The van der Waals surface area contributed by atoms with Crippen molar-refractivity contribution in [3.8, 4) is 11.5 Å². The minimum Gasteiger partial charge on any atom is -0.485 e. The molecule has 0 bridgehead atoms. The summed E-state index contributed by atoms with van der Waals surface area (Å²) in [4.78, 5) is 2.39. The van der Waals surface area contributed by atoms with E-state index in [1.165, 1.54) is 19.4 Å². The van der Waals surface area contributed by atoms with E-state index in [1.54, 1.807) is 11.8 Å². The molecular weight excluding hydrogens is 326 g/mol. The molecule has 0 saturated carbocycles. The summed E-state index contributed by atoms with van der Waals surface area (Å²) in [6.07, 6.45) is 2.19. The van der Waals surface area contributed by atoms with Crippen LogP contribution in [0.25, 0.3) is 0 Å². The molecule has 0 N–H and O–H groups in total. The van der Waals surface area contributed by atoms with Gasteiger partial charge in [0.15, 0.2) is 11.5 Å². The van der Waals surface area contributed by atoms with Crippen LogP contribution in [0.4, 0.5) is 0 Å². The molecule has 0 unspecified atom stereocenters. The summed E-state index contributed by atoms with van der Waals surface area (Å²) in [5, 5.41) is 8.90. The van der Waals surface area contributed by atoms with Crippen molar-refractivity contribution in [3.05, 3.63) is 30.2 Å². The largest absolute Gasteiger partial charge is 0.485 e. The van der Waals surface area contributed by atoms with Gasteiger partial charge in [0.05, 0.1) is 0 Å². The van der Waals surface area contributed by atoms with Gasteiger partial charge in [-0.3, -0.25) is 0 Å². The van der Waals surface area contributed by atoms with Crippen molar-refractivity contribution in [2.75, 3.05) is 32.5 Å². The maximum Gasteiger partial charge on any atom is 0.276 e. The molecule has 7 heteroatoms. The van der Waals surface area contributed by atoms with E-state index in [4.69, 9.17) is 13.9 Å². The monoisotopic (exact) mass is 347 g/mol. The normalized spacial score (nSPS) is 24.0. The number of thioether (sulfide) groups is 1. The Morgan fingerprint density at radius 3 is 3.00 bits per heavy atom. The number of aromatic nitrogens is 2. The van der Waals surface area contributed by atoms with E-state index >= 15 is 0 Å². The lowest BCUT2D eigenvalue weighted by Gasteiger charge is -2.28. The number of piperidine rings is 1. The SMILES string of the molecule is CN1CCC[C@@H](CSc2nnc([C@H]3COc4ccccc4O3)o2)C1. The maximum absolute atomic E-state index is 5.90. The zero-order valence-corrected chi connectivity index (χ0v) is 14.5. The van der Waals surface area contributed by atoms with Crippen LogP contribution in [0.2, 0.25) is 0 Å². The highest BCUT2D eigenvalue weighted by Crippen LogP contribution is 2.36. The standard InChI is InChI=1S/C17H21N3O3S/c1-20-8-4-5-12(9-20)11-24-17-19-18-16(23-17)15-10-21-13-6-2-3-7-14(13)22-15/h2-3,6-7,12,15H,4-5,8-11H2,1H3/t12-,15-/m1/s1. The van der Waals surface area contributed by atoms with E-state index < -0.39 is 0 Å². The molecule has 0 radical (unpaired) electrons. The van der Waals surface area contributed by atoms with Crippen molar-refractivity contribution in [3.63, 3.8) is 0 Å². The van der Waals surface area contributed by atoms with E-state index in [0.29, 0.717) is 29.4 Å². The minimum absolute atomic E-state index is 0.345. The highest BCUT2D eigenvalue weighted by Gasteiger charge is 2.27. The highest BCUT2D eigenvalue weighted by atomic mass is 32.2. The lowest BCUT2D eigenvalue weighted by molar-refractivity contribution is 0.0686. The van der Waals surface area contributed by atoms with Gasteiger partial charge in [-0.15, -0.1) is 10.2 Å². The molecule has 2 aliphatic heterocycles. The molecule has 0 amide bonds. The molecule has 6 nitrogen and oxygen atoms in total. The summed E-state index contributed by atoms with van der Waals surface area (Å²) in [6.45, 7) is 2.73. The average Bonchev–Trinajstić information content (AvgIpc) is 3.09. The predicted molar refractivity (Wildman–Crippen MR) is 90.5 cm³/mol. The van der Waals surface area contributed by atoms with Crippen molar-refractivity contribution in [1.29, 1.82) is 0 Å². The fourth-order valence-corrected chi connectivity index (χ4v) is 4.04. The molecule has 2 aliphatic rings. The summed E-state index contributed by atoms with van der Waals surface area (Å²) in [5.41, 5.74) is 0. The third-order valence-electron chi connectivity index (χ3n) is 4.37. The van der Waals surface area contributed by atoms with Gasteiger partial charge >= 0.3 is 0 Å². The summed E-state index contributed by atoms with van der Waals surface area (Å²) >= 11 is 1.64. The van der Waals surface area contributed by atoms with Crippen molar-refractivity contribution in [2.24, 2.45) is 5.92 Å². The lowest BCUT2D eigenvalue weighted by Crippen LogP contribution is -2.33. The number of para-hydroxylation sites is 2. The highest BCUT2D eigenvalue weighted by molar-refractivity contribution is 7.99. The number of fused-ring (bicyclic) bond motifs is 1. The van der Waals surface area contributed by atoms with Crippen LogP contribution in [0.3, 0.4) is 0 Å². The fourth-order valence-electron chi connectivity index (χ4n) is 3.15. The summed E-state index contributed by atoms with van der Waals surface area (Å²) < 4.78 is 17.4. The number of rotatable bonds is 4. The molecular formula is C17H21N3O3S. The summed E-state index contributed by atoms with van der Waals surface area (Å²) in [5.74, 6) is 3.64. The number of nitrogens with zero attached hydrogens (tertiary/aromatic N) is 3. The number of benzene rings is 1. The van der Waals surface area contributed by atoms with Gasteiger partial charge < -0.3 is 18.8 Å². The van der Waals surface area contributed by atoms with Crippen molar-refractivity contribution < 1.29 is 13.9 Å². The molecule has 24 heavy (non-hydrogen) atoms. The lowest BCUT2D eigenvalue weighted by atomic mass is 10.0. The zero-order chi connectivity index (χ0) is 16.4. The van der Waals surface area contributed by atoms with Gasteiger partial charge in [-0.05, 0) is 44.5 Å². The summed E-state index contributed by atoms with van der Waals surface area (Å²) in [7, 11) is 2.18. The Kier molecular flexibility index (Phi) is 4.62. The van der Waals surface area contributed by atoms with Crippen LogP contribution in [-0.4, -0.2) is 47.6 Å². The minimum atomic E-state index is -0.345. The number of hydrogen-bond acceptors (Lipinski definition) is 7. The fraction of sp³-hybridized carbons (Fsp3) is 0.529. The second-order valence-electron chi connectivity index (χ2n) is 6.35. The van der Waals surface area contributed by atoms with Crippen LogP contribution in [0.15, 0.2) is 33.9 Å². The zero-order valence-electron chi connectivity index (χ0n) is 13.7. The second kappa shape index (κ2) is 7.03. The van der Waals surface area contributed by atoms with Crippen LogP contribution in [0.1, 0.15) is 24.8 Å². The molecule has 128 valence electrons. The van der Waals surface area contributed by atoms with E-state index in [1.807, 2.05) is 24.3 Å². The molecule has 4 rings (SSSR count). The Hall–Kier alpha value is -1.73. The van der Waals surface area contributed by atoms with Gasteiger partial charge in [0, 0.05) is 12.3 Å². The van der Waals surface area contributed by atoms with Crippen LogP contribution >= 0.6 is 11.8 Å². The average molecular weight is 347 g/mol. The molecule has 0 spiro atoms. The maximum atomic E-state index is 5.90. The first-order valence-corrected chi connectivity index (χ1v) is 9.30. The smallest absolute Gasteiger partial charge is 0.276 e. The van der Waals surface area contributed by atoms with Crippen LogP contribution in [-0.2, 0) is 0 Å². The first-order valence-electron chi connectivity index (χ1n) is 8.31. The van der Waals surface area contributed by atoms with Gasteiger partial charge in [-0.2, -0.15) is 0 Å². The second-order valence-corrected chi connectivity index (χ2v) is 7.32. The van der Waals surface area contributed by atoms with Crippen LogP contribution in [0, 0.1) is 5.92 Å². The molecule has 2 atom stereocenters. The first kappa shape index (κ1) is 15.8. The first-order chi connectivity index (χ1) is 11.8. The quantitative estimate of drug-likeness (QED) is 0.788. The summed E-state index contributed by atoms with van der Waals surface area (Å²) in [6, 6.07) is 7.61. The van der Waals surface area contributed by atoms with E-state index in [-0.39, 0.29) is 6.10 Å². The third-order valence-corrected chi connectivity index (χ3v) is 5.42. The Morgan fingerprint density at radius 1 is 1.25 bits per heavy atom. The number of likely N-dealkylation sites (tertiary alicyclic amines) is 1. The Balaban J connectivity index is 1.35. The van der Waals surface area contributed by atoms with Crippen molar-refractivity contribution >= 4 is 11.8 Å². The van der Waals surface area contributed by atoms with Crippen molar-refractivity contribution in [2.45, 2.75) is 24.2 Å². The molecule has 1 saturated heterocycles. The number of ether oxygens (including phenoxy) is 2. The molecule has 2 aromatic rings. The molecule has 1 aromatic heterocycles. The Bertz CT molecular complexity index is 693. The van der Waals surface area contributed by atoms with Gasteiger partial charge in [0.1, 0.15) is 6.61 Å². The Morgan fingerprint density at radius 2 is 2.12 bits per heavy atom. The molecule has 1 fully saturated rings. The Labute approximate surface area is 145 Å². The topological polar surface area (TPSA) is 60.6 Å². The molecule has 1 aromatic carbocycles. The van der Waals surface area contributed by atoms with Crippen LogP contribution in [0.5, 0.6) is 11.5 Å². The van der Waals surface area contributed by atoms with Gasteiger partial charge in [-0.1, -0.05) is 23.9 Å². The van der Waals surface area contributed by atoms with Gasteiger partial charge in [0.2, 0.25) is 6.10 Å². The van der Waals surface area contributed by atoms with Crippen LogP contribution < -0.4 is 9.47 Å². The van der Waals surface area contributed by atoms with E-state index in [9.17, 15) is 0 Å². The van der Waals surface area contributed by atoms with Gasteiger partial charge in [0.25, 0.3) is 11.1 Å². The third kappa shape index (κ3) is 3.52. The number of hydrogen-bond donors (Lipinski definition) is 0. The van der Waals surface area contributed by atoms with Crippen molar-refractivity contribution in [1.82, 2.24) is 15.1 Å². The van der Waals surface area contributed by atoms with E-state index in [0.717, 1.165) is 18.0 Å².